The maximum Gasteiger partial charge on any atom is 0.381 e. The minimum Gasteiger partial charge on any atom is -0.465 e. The Kier molecular flexibility index (Phi) is 14.9. The lowest BCUT2D eigenvalue weighted by atomic mass is 9.82. The highest BCUT2D eigenvalue weighted by Crippen LogP contribution is 2.48. The predicted octanol–water partition coefficient (Wildman–Crippen LogP) is 7.97. The number of halogens is 8. The molecule has 214 valence electrons. The third-order valence-corrected chi connectivity index (χ3v) is 6.26. The van der Waals surface area contributed by atoms with E-state index in [0.29, 0.717) is 6.42 Å². The fraction of sp³-hybridized carbons (Fsp3) is 0.917. The fourth-order valence-electron chi connectivity index (χ4n) is 3.57. The van der Waals surface area contributed by atoms with Crippen molar-refractivity contribution >= 4 is 11.9 Å². The van der Waals surface area contributed by atoms with Crippen molar-refractivity contribution < 1.29 is 54.2 Å². The molecule has 0 atom stereocenters. The second kappa shape index (κ2) is 15.6. The predicted molar refractivity (Wildman–Crippen MR) is 118 cm³/mol. The van der Waals surface area contributed by atoms with Crippen LogP contribution in [0.5, 0.6) is 0 Å². The molecule has 0 fully saturated rings. The van der Waals surface area contributed by atoms with E-state index in [2.05, 4.69) is 11.7 Å². The van der Waals surface area contributed by atoms with Gasteiger partial charge in [0, 0.05) is 0 Å². The van der Waals surface area contributed by atoms with Crippen molar-refractivity contribution in [2.24, 2.45) is 5.41 Å². The van der Waals surface area contributed by atoms with Crippen LogP contribution in [-0.2, 0) is 19.1 Å². The van der Waals surface area contributed by atoms with Crippen molar-refractivity contribution in [2.45, 2.75) is 122 Å². The minimum atomic E-state index is -6.51. The zero-order valence-corrected chi connectivity index (χ0v) is 21.1. The number of carbonyl (C=O) groups is 2. The molecule has 0 aromatic heterocycles. The summed E-state index contributed by atoms with van der Waals surface area (Å²) in [6, 6.07) is 0. The van der Waals surface area contributed by atoms with E-state index in [0.717, 1.165) is 32.1 Å². The van der Waals surface area contributed by atoms with E-state index in [9.17, 15) is 44.7 Å². The maximum absolute atomic E-state index is 13.7. The quantitative estimate of drug-likeness (QED) is 0.0678. The van der Waals surface area contributed by atoms with Crippen molar-refractivity contribution in [2.75, 3.05) is 13.2 Å². The topological polar surface area (TPSA) is 52.6 Å². The number of unbranched alkanes of at least 4 members (excludes halogenated alkanes) is 9. The van der Waals surface area contributed by atoms with Crippen LogP contribution in [0.1, 0.15) is 97.8 Å². The minimum absolute atomic E-state index is 0.0702. The number of carbonyl (C=O) groups excluding carboxylic acids is 2. The standard InChI is InChI=1S/C24H38F8O4/c1-4-7-8-9-10-11-12-13-14-15-16-35-19(33)21(5-2,6-3)20(34)36-17-22(27,28)24(31,32)23(29,30)18(25)26/h18H,4-17H2,1-3H3. The largest absolute Gasteiger partial charge is 0.465 e. The molecule has 0 amide bonds. The highest BCUT2D eigenvalue weighted by Gasteiger charge is 2.75. The molecular formula is C24H38F8O4. The number of hydrogen-bond acceptors (Lipinski definition) is 4. The molecule has 0 radical (unpaired) electrons. The van der Waals surface area contributed by atoms with Gasteiger partial charge in [-0.25, -0.2) is 8.78 Å². The number of ether oxygens (including phenoxy) is 2. The Morgan fingerprint density at radius 3 is 1.50 bits per heavy atom. The van der Waals surface area contributed by atoms with E-state index in [1.807, 2.05) is 0 Å². The van der Waals surface area contributed by atoms with Crippen LogP contribution in [0.2, 0.25) is 0 Å². The Balaban J connectivity index is 4.79. The van der Waals surface area contributed by atoms with Gasteiger partial charge < -0.3 is 9.47 Å². The Morgan fingerprint density at radius 2 is 1.08 bits per heavy atom. The molecule has 0 bridgehead atoms. The van der Waals surface area contributed by atoms with Crippen molar-refractivity contribution in [3.8, 4) is 0 Å². The van der Waals surface area contributed by atoms with Crippen LogP contribution in [-0.4, -0.2) is 49.3 Å². The Bertz CT molecular complexity index is 652. The molecule has 0 unspecified atom stereocenters. The van der Waals surface area contributed by atoms with Crippen LogP contribution < -0.4 is 0 Å². The number of rotatable bonds is 20. The van der Waals surface area contributed by atoms with Gasteiger partial charge in [0.2, 0.25) is 0 Å². The summed E-state index contributed by atoms with van der Waals surface area (Å²) in [4.78, 5) is 24.9. The first-order valence-corrected chi connectivity index (χ1v) is 12.4. The molecule has 0 rings (SSSR count). The summed E-state index contributed by atoms with van der Waals surface area (Å²) in [5.41, 5.74) is -2.13. The van der Waals surface area contributed by atoms with Gasteiger partial charge in [0.15, 0.2) is 12.0 Å². The van der Waals surface area contributed by atoms with E-state index >= 15 is 0 Å². The number of hydrogen-bond donors (Lipinski definition) is 0. The van der Waals surface area contributed by atoms with E-state index in [4.69, 9.17) is 4.74 Å². The van der Waals surface area contributed by atoms with Gasteiger partial charge in [-0.2, -0.15) is 26.3 Å². The van der Waals surface area contributed by atoms with Crippen LogP contribution in [0.25, 0.3) is 0 Å². The van der Waals surface area contributed by atoms with Crippen molar-refractivity contribution in [1.82, 2.24) is 0 Å². The third-order valence-electron chi connectivity index (χ3n) is 6.26. The van der Waals surface area contributed by atoms with E-state index in [-0.39, 0.29) is 19.4 Å². The van der Waals surface area contributed by atoms with Gasteiger partial charge in [0.05, 0.1) is 6.61 Å². The van der Waals surface area contributed by atoms with E-state index < -0.39 is 48.2 Å². The van der Waals surface area contributed by atoms with Crippen LogP contribution in [0, 0.1) is 5.41 Å². The molecule has 0 N–H and O–H groups in total. The fourth-order valence-corrected chi connectivity index (χ4v) is 3.57. The van der Waals surface area contributed by atoms with Gasteiger partial charge in [0.1, 0.15) is 0 Å². The van der Waals surface area contributed by atoms with Crippen molar-refractivity contribution in [3.63, 3.8) is 0 Å². The lowest BCUT2D eigenvalue weighted by Crippen LogP contribution is -2.59. The van der Waals surface area contributed by atoms with Crippen LogP contribution in [0.15, 0.2) is 0 Å². The maximum atomic E-state index is 13.7. The average molecular weight is 543 g/mol. The smallest absolute Gasteiger partial charge is 0.381 e. The Labute approximate surface area is 207 Å². The van der Waals surface area contributed by atoms with E-state index in [1.165, 1.54) is 39.5 Å². The number of alkyl halides is 8. The van der Waals surface area contributed by atoms with Gasteiger partial charge in [-0.15, -0.1) is 0 Å². The molecule has 0 aromatic rings. The summed E-state index contributed by atoms with van der Waals surface area (Å²) in [5.74, 6) is -21.5. The summed E-state index contributed by atoms with van der Waals surface area (Å²) < 4.78 is 114. The highest BCUT2D eigenvalue weighted by molar-refractivity contribution is 6.00. The first-order chi connectivity index (χ1) is 16.7. The van der Waals surface area contributed by atoms with Gasteiger partial charge in [-0.05, 0) is 19.3 Å². The first-order valence-electron chi connectivity index (χ1n) is 12.4. The summed E-state index contributed by atoms with van der Waals surface area (Å²) in [5, 5.41) is 0. The molecule has 4 nitrogen and oxygen atoms in total. The normalized spacial score (nSPS) is 13.2. The SMILES string of the molecule is CCCCCCCCCCCCOC(=O)C(CC)(CC)C(=O)OCC(F)(F)C(F)(F)C(F)(F)C(F)F. The Hall–Kier alpha value is -1.62. The monoisotopic (exact) mass is 542 g/mol. The molecule has 0 saturated heterocycles. The molecule has 0 spiro atoms. The van der Waals surface area contributed by atoms with E-state index in [1.54, 1.807) is 0 Å². The van der Waals surface area contributed by atoms with Gasteiger partial charge in [0.25, 0.3) is 0 Å². The van der Waals surface area contributed by atoms with Crippen molar-refractivity contribution in [1.29, 1.82) is 0 Å². The summed E-state index contributed by atoms with van der Waals surface area (Å²) in [6.45, 7) is 2.10. The summed E-state index contributed by atoms with van der Waals surface area (Å²) >= 11 is 0. The molecule has 0 aliphatic carbocycles. The molecule has 0 aliphatic heterocycles. The van der Waals surface area contributed by atoms with Crippen molar-refractivity contribution in [3.05, 3.63) is 0 Å². The molecule has 12 heteroatoms. The van der Waals surface area contributed by atoms with Crippen LogP contribution in [0.3, 0.4) is 0 Å². The lowest BCUT2D eigenvalue weighted by molar-refractivity contribution is -0.344. The second-order valence-corrected chi connectivity index (χ2v) is 8.89. The molecular weight excluding hydrogens is 504 g/mol. The number of esters is 2. The van der Waals surface area contributed by atoms with Gasteiger partial charge >= 0.3 is 36.1 Å². The zero-order chi connectivity index (χ0) is 28.0. The average Bonchev–Trinajstić information content (AvgIpc) is 2.82. The Morgan fingerprint density at radius 1 is 0.667 bits per heavy atom. The zero-order valence-electron chi connectivity index (χ0n) is 21.1. The molecule has 0 heterocycles. The van der Waals surface area contributed by atoms with Crippen LogP contribution in [0.4, 0.5) is 35.1 Å². The molecule has 0 aliphatic rings. The van der Waals surface area contributed by atoms with Gasteiger partial charge in [-0.1, -0.05) is 78.6 Å². The first kappa shape index (κ1) is 34.4. The van der Waals surface area contributed by atoms with Gasteiger partial charge in [-0.3, -0.25) is 9.59 Å². The second-order valence-electron chi connectivity index (χ2n) is 8.89. The molecule has 0 aromatic carbocycles. The molecule has 0 saturated carbocycles. The summed E-state index contributed by atoms with van der Waals surface area (Å²) in [6.07, 6.45) is 4.50. The molecule has 36 heavy (non-hydrogen) atoms. The highest BCUT2D eigenvalue weighted by atomic mass is 19.4. The third kappa shape index (κ3) is 9.04. The lowest BCUT2D eigenvalue weighted by Gasteiger charge is -2.33. The van der Waals surface area contributed by atoms with Crippen LogP contribution >= 0.6 is 0 Å². The summed E-state index contributed by atoms with van der Waals surface area (Å²) in [7, 11) is 0.